The third kappa shape index (κ3) is 5.12. The number of tetrazole rings is 1. The zero-order valence-corrected chi connectivity index (χ0v) is 30.6. The molecule has 1 aliphatic carbocycles. The molecule has 0 fully saturated rings. The Morgan fingerprint density at radius 1 is 0.731 bits per heavy atom. The number of benzene rings is 5. The molecule has 0 aliphatic heterocycles. The minimum atomic E-state index is -0.840. The molecule has 0 spiro atoms. The van der Waals surface area contributed by atoms with E-state index in [9.17, 15) is 0 Å². The number of hydrogen-bond acceptors (Lipinski definition) is 5. The molecule has 0 amide bonds. The van der Waals surface area contributed by atoms with E-state index in [1.54, 1.807) is 0 Å². The third-order valence-corrected chi connectivity index (χ3v) is 10.9. The highest BCUT2D eigenvalue weighted by Crippen LogP contribution is 2.45. The number of rotatable bonds is 8. The smallest absolute Gasteiger partial charge is 0.184 e. The summed E-state index contributed by atoms with van der Waals surface area (Å²) in [5, 5.41) is 14.0. The summed E-state index contributed by atoms with van der Waals surface area (Å²) in [5.41, 5.74) is 11.3. The number of aromatic nitrogens is 7. The van der Waals surface area contributed by atoms with Gasteiger partial charge >= 0.3 is 0 Å². The van der Waals surface area contributed by atoms with Gasteiger partial charge in [0.1, 0.15) is 21.5 Å². The first-order valence-electron chi connectivity index (χ1n) is 17.8. The van der Waals surface area contributed by atoms with Gasteiger partial charge in [-0.05, 0) is 96.7 Å². The summed E-state index contributed by atoms with van der Waals surface area (Å²) in [7, 11) is 0. The summed E-state index contributed by atoms with van der Waals surface area (Å²) in [6.07, 6.45) is 2.82. The molecule has 1 atom stereocenters. The summed E-state index contributed by atoms with van der Waals surface area (Å²) >= 11 is 3.64. The van der Waals surface area contributed by atoms with E-state index in [4.69, 9.17) is 20.3 Å². The maximum Gasteiger partial charge on any atom is 0.184 e. The van der Waals surface area contributed by atoms with E-state index >= 15 is 0 Å². The Morgan fingerprint density at radius 2 is 1.35 bits per heavy atom. The summed E-state index contributed by atoms with van der Waals surface area (Å²) in [5.74, 6) is 1.76. The fourth-order valence-corrected chi connectivity index (χ4v) is 8.76. The Labute approximate surface area is 311 Å². The molecular weight excluding hydrogens is 706 g/mol. The van der Waals surface area contributed by atoms with Crippen molar-refractivity contribution in [3.05, 3.63) is 183 Å². The highest BCUT2D eigenvalue weighted by molar-refractivity contribution is 9.10. The molecule has 0 saturated carbocycles. The quantitative estimate of drug-likeness (QED) is 0.115. The zero-order valence-electron chi connectivity index (χ0n) is 29.0. The first kappa shape index (κ1) is 32.2. The van der Waals surface area contributed by atoms with Crippen LogP contribution in [0.4, 0.5) is 0 Å². The van der Waals surface area contributed by atoms with Gasteiger partial charge in [-0.3, -0.25) is 0 Å². The Morgan fingerprint density at radius 3 is 1.98 bits per heavy atom. The number of nitrogens with zero attached hydrogens (tertiary/aromatic N) is 7. The lowest BCUT2D eigenvalue weighted by molar-refractivity contribution is 0.451. The van der Waals surface area contributed by atoms with E-state index in [1.165, 1.54) is 11.1 Å². The molecule has 3 aromatic heterocycles. The second-order valence-electron chi connectivity index (χ2n) is 13.4. The van der Waals surface area contributed by atoms with Crippen LogP contribution in [0, 0.1) is 6.92 Å². The predicted octanol–water partition coefficient (Wildman–Crippen LogP) is 9.76. The van der Waals surface area contributed by atoms with Gasteiger partial charge in [0, 0.05) is 12.0 Å². The zero-order chi connectivity index (χ0) is 35.2. The number of aryl methyl sites for hydroxylation is 3. The molecule has 52 heavy (non-hydrogen) atoms. The molecule has 8 aromatic rings. The van der Waals surface area contributed by atoms with E-state index in [0.717, 1.165) is 79.8 Å². The van der Waals surface area contributed by atoms with E-state index in [-0.39, 0.29) is 6.04 Å². The van der Waals surface area contributed by atoms with Crippen molar-refractivity contribution in [1.82, 2.24) is 34.7 Å². The molecular formula is C44H36BrN7. The molecule has 8 heteroatoms. The van der Waals surface area contributed by atoms with Gasteiger partial charge in [0.05, 0.1) is 6.04 Å². The number of halogens is 1. The minimum absolute atomic E-state index is 0.177. The van der Waals surface area contributed by atoms with Crippen LogP contribution in [0.2, 0.25) is 0 Å². The molecule has 0 radical (unpaired) electrons. The van der Waals surface area contributed by atoms with Gasteiger partial charge in [-0.25, -0.2) is 14.6 Å². The monoisotopic (exact) mass is 741 g/mol. The second-order valence-corrected chi connectivity index (χ2v) is 14.2. The van der Waals surface area contributed by atoms with Gasteiger partial charge in [0.2, 0.25) is 0 Å². The van der Waals surface area contributed by atoms with Crippen molar-refractivity contribution in [2.75, 3.05) is 0 Å². The molecule has 7 nitrogen and oxygen atoms in total. The average Bonchev–Trinajstić information content (AvgIpc) is 3.94. The number of fused-ring (bicyclic) bond motifs is 2. The Bertz CT molecular complexity index is 2450. The van der Waals surface area contributed by atoms with Crippen molar-refractivity contribution >= 4 is 27.1 Å². The van der Waals surface area contributed by atoms with Gasteiger partial charge in [0.25, 0.3) is 0 Å². The fraction of sp³-hybridized carbons (Fsp3) is 0.159. The first-order chi connectivity index (χ1) is 25.6. The molecule has 254 valence electrons. The van der Waals surface area contributed by atoms with Gasteiger partial charge in [-0.1, -0.05) is 140 Å². The minimum Gasteiger partial charge on any atom is -0.305 e. The van der Waals surface area contributed by atoms with Gasteiger partial charge in [-0.15, -0.1) is 5.10 Å². The van der Waals surface area contributed by atoms with E-state index in [2.05, 4.69) is 155 Å². The maximum absolute atomic E-state index is 5.05. The SMILES string of the molecule is CCc1nc2c(C)cc(Br)nc2n1[C@H]1CCc2cc(-c3ccccc3-c3nnnn3C(c3ccccc3)(c3ccccc3)c3ccccc3)ccc21. The topological polar surface area (TPSA) is 74.3 Å². The van der Waals surface area contributed by atoms with Crippen molar-refractivity contribution in [1.29, 1.82) is 0 Å². The molecule has 0 bridgehead atoms. The van der Waals surface area contributed by atoms with E-state index < -0.39 is 5.54 Å². The van der Waals surface area contributed by atoms with Crippen molar-refractivity contribution in [2.45, 2.75) is 44.7 Å². The normalized spacial score (nSPS) is 14.2. The Hall–Kier alpha value is -5.73. The lowest BCUT2D eigenvalue weighted by atomic mass is 9.77. The average molecular weight is 743 g/mol. The van der Waals surface area contributed by atoms with Crippen LogP contribution in [0.15, 0.2) is 144 Å². The fourth-order valence-electron chi connectivity index (χ4n) is 8.24. The van der Waals surface area contributed by atoms with Crippen molar-refractivity contribution < 1.29 is 0 Å². The number of hydrogen-bond donors (Lipinski definition) is 0. The van der Waals surface area contributed by atoms with Gasteiger partial charge < -0.3 is 4.57 Å². The molecule has 0 saturated heterocycles. The van der Waals surface area contributed by atoms with Crippen LogP contribution in [0.1, 0.15) is 58.6 Å². The van der Waals surface area contributed by atoms with E-state index in [1.807, 2.05) is 28.9 Å². The lowest BCUT2D eigenvalue weighted by Crippen LogP contribution is -2.39. The largest absolute Gasteiger partial charge is 0.305 e. The molecule has 1 aliphatic rings. The predicted molar refractivity (Wildman–Crippen MR) is 209 cm³/mol. The summed E-state index contributed by atoms with van der Waals surface area (Å²) in [6.45, 7) is 4.28. The summed E-state index contributed by atoms with van der Waals surface area (Å²) in [4.78, 5) is 9.96. The Balaban J connectivity index is 1.20. The van der Waals surface area contributed by atoms with Crippen LogP contribution in [-0.2, 0) is 18.4 Å². The Kier molecular flexibility index (Phi) is 8.12. The van der Waals surface area contributed by atoms with Crippen molar-refractivity contribution in [3.8, 4) is 22.5 Å². The molecule has 5 aromatic carbocycles. The third-order valence-electron chi connectivity index (χ3n) is 10.5. The van der Waals surface area contributed by atoms with Crippen LogP contribution in [0.3, 0.4) is 0 Å². The number of pyridine rings is 1. The highest BCUT2D eigenvalue weighted by Gasteiger charge is 2.42. The van der Waals surface area contributed by atoms with Crippen molar-refractivity contribution in [2.24, 2.45) is 0 Å². The van der Waals surface area contributed by atoms with Crippen LogP contribution >= 0.6 is 15.9 Å². The van der Waals surface area contributed by atoms with Crippen LogP contribution in [-0.4, -0.2) is 34.7 Å². The molecule has 0 unspecified atom stereocenters. The molecule has 9 rings (SSSR count). The van der Waals surface area contributed by atoms with Gasteiger partial charge in [-0.2, -0.15) is 0 Å². The highest BCUT2D eigenvalue weighted by atomic mass is 79.9. The van der Waals surface area contributed by atoms with Crippen LogP contribution in [0.25, 0.3) is 33.7 Å². The standard InChI is InChI=1S/C44H36BrN7/c1-3-40-47-41-29(2)27-39(45)46-43(41)51(40)38-26-24-31-28-30(23-25-36(31)38)35-21-13-14-22-37(35)42-48-49-50-52(42)44(32-15-7-4-8-16-32,33-17-9-5-10-18-33)34-19-11-6-12-20-34/h4-23,25,27-28,38H,3,24,26H2,1-2H3/t38-/m0/s1. The van der Waals surface area contributed by atoms with Crippen molar-refractivity contribution in [3.63, 3.8) is 0 Å². The second kappa shape index (κ2) is 13.1. The van der Waals surface area contributed by atoms with E-state index in [0.29, 0.717) is 5.82 Å². The van der Waals surface area contributed by atoms with Gasteiger partial charge in [0.15, 0.2) is 11.5 Å². The van der Waals surface area contributed by atoms with Crippen LogP contribution in [0.5, 0.6) is 0 Å². The molecule has 0 N–H and O–H groups in total. The maximum atomic E-state index is 5.05. The lowest BCUT2D eigenvalue weighted by Gasteiger charge is -2.36. The summed E-state index contributed by atoms with van der Waals surface area (Å²) in [6, 6.07) is 49.2. The number of imidazole rings is 1. The van der Waals surface area contributed by atoms with Crippen LogP contribution < -0.4 is 0 Å². The first-order valence-corrected chi connectivity index (χ1v) is 18.6. The molecule has 3 heterocycles. The summed E-state index contributed by atoms with van der Waals surface area (Å²) < 4.78 is 5.22.